The molecule has 3 aliphatic carbocycles. The summed E-state index contributed by atoms with van der Waals surface area (Å²) in [5.74, 6) is 2.14. The highest BCUT2D eigenvalue weighted by atomic mass is 32.2. The van der Waals surface area contributed by atoms with Crippen LogP contribution in [0.3, 0.4) is 0 Å². The first kappa shape index (κ1) is 14.3. The maximum absolute atomic E-state index is 10.6. The van der Waals surface area contributed by atoms with Crippen molar-refractivity contribution in [1.82, 2.24) is 5.32 Å². The maximum atomic E-state index is 10.6. The summed E-state index contributed by atoms with van der Waals surface area (Å²) in [4.78, 5) is 0. The van der Waals surface area contributed by atoms with Gasteiger partial charge >= 0.3 is 0 Å². The lowest BCUT2D eigenvalue weighted by atomic mass is 9.45. The smallest absolute Gasteiger partial charge is 0.264 e. The molecule has 0 radical (unpaired) electrons. The molecule has 0 aliphatic heterocycles. The Bertz CT molecular complexity index is 404. The van der Waals surface area contributed by atoms with Crippen LogP contribution in [0.5, 0.6) is 0 Å². The van der Waals surface area contributed by atoms with Crippen molar-refractivity contribution in [3.63, 3.8) is 0 Å². The van der Waals surface area contributed by atoms with E-state index in [2.05, 4.69) is 26.1 Å². The fraction of sp³-hybridized carbons (Fsp3) is 1.00. The second-order valence-corrected chi connectivity index (χ2v) is 8.23. The van der Waals surface area contributed by atoms with Crippen LogP contribution in [0.2, 0.25) is 0 Å². The van der Waals surface area contributed by atoms with Crippen molar-refractivity contribution in [3.8, 4) is 0 Å². The molecule has 106 valence electrons. The highest BCUT2D eigenvalue weighted by Crippen LogP contribution is 2.61. The molecular formula is C13H25NO3S. The Morgan fingerprint density at radius 2 is 2.00 bits per heavy atom. The van der Waals surface area contributed by atoms with E-state index in [-0.39, 0.29) is 5.75 Å². The second-order valence-electron chi connectivity index (χ2n) is 6.66. The van der Waals surface area contributed by atoms with Crippen molar-refractivity contribution < 1.29 is 13.0 Å². The predicted molar refractivity (Wildman–Crippen MR) is 72.0 cm³/mol. The molecule has 4 nitrogen and oxygen atoms in total. The van der Waals surface area contributed by atoms with E-state index in [4.69, 9.17) is 4.55 Å². The molecule has 5 heteroatoms. The Balaban J connectivity index is 1.76. The third kappa shape index (κ3) is 2.73. The highest BCUT2D eigenvalue weighted by Gasteiger charge is 2.55. The summed E-state index contributed by atoms with van der Waals surface area (Å²) < 4.78 is 29.9. The molecule has 0 spiro atoms. The Labute approximate surface area is 110 Å². The van der Waals surface area contributed by atoms with Gasteiger partial charge in [-0.15, -0.1) is 0 Å². The Morgan fingerprint density at radius 1 is 1.33 bits per heavy atom. The Hall–Kier alpha value is -0.130. The van der Waals surface area contributed by atoms with Crippen LogP contribution in [0, 0.1) is 23.2 Å². The van der Waals surface area contributed by atoms with Gasteiger partial charge < -0.3 is 5.32 Å². The lowest BCUT2D eigenvalue weighted by Gasteiger charge is -2.62. The van der Waals surface area contributed by atoms with Gasteiger partial charge in [0.1, 0.15) is 0 Å². The molecule has 1 unspecified atom stereocenters. The van der Waals surface area contributed by atoms with E-state index in [0.29, 0.717) is 30.3 Å². The molecule has 0 heterocycles. The first-order valence-corrected chi connectivity index (χ1v) is 8.51. The van der Waals surface area contributed by atoms with Crippen LogP contribution in [0.1, 0.15) is 40.0 Å². The van der Waals surface area contributed by atoms with E-state index in [0.717, 1.165) is 11.8 Å². The van der Waals surface area contributed by atoms with Crippen LogP contribution in [0.25, 0.3) is 0 Å². The summed E-state index contributed by atoms with van der Waals surface area (Å²) in [5.41, 5.74) is 0.492. The van der Waals surface area contributed by atoms with Crippen molar-refractivity contribution in [2.45, 2.75) is 46.1 Å². The van der Waals surface area contributed by atoms with Gasteiger partial charge in [0.25, 0.3) is 10.1 Å². The average molecular weight is 275 g/mol. The molecule has 0 saturated heterocycles. The van der Waals surface area contributed by atoms with Crippen LogP contribution < -0.4 is 5.32 Å². The lowest BCUT2D eigenvalue weighted by Crippen LogP contribution is -2.60. The SMILES string of the molecule is C[C@H]1[C@H](NCCCS(=O)(=O)O)CC2C[C@@H]1C2(C)C. The zero-order chi connectivity index (χ0) is 13.6. The molecule has 0 aromatic heterocycles. The number of nitrogens with one attached hydrogen (secondary N) is 1. The van der Waals surface area contributed by atoms with Gasteiger partial charge in [0.2, 0.25) is 0 Å². The van der Waals surface area contributed by atoms with Gasteiger partial charge in [0.05, 0.1) is 5.75 Å². The van der Waals surface area contributed by atoms with Crippen LogP contribution in [0.15, 0.2) is 0 Å². The quantitative estimate of drug-likeness (QED) is 0.594. The zero-order valence-electron chi connectivity index (χ0n) is 11.5. The van der Waals surface area contributed by atoms with Crippen LogP contribution in [0.4, 0.5) is 0 Å². The fourth-order valence-corrected chi connectivity index (χ4v) is 4.47. The Kier molecular flexibility index (Phi) is 3.78. The van der Waals surface area contributed by atoms with Crippen molar-refractivity contribution in [2.75, 3.05) is 12.3 Å². The van der Waals surface area contributed by atoms with Gasteiger partial charge in [-0.05, 0) is 49.0 Å². The number of fused-ring (bicyclic) bond motifs is 2. The fourth-order valence-electron chi connectivity index (χ4n) is 3.96. The van der Waals surface area contributed by atoms with Crippen LogP contribution in [-0.2, 0) is 10.1 Å². The summed E-state index contributed by atoms with van der Waals surface area (Å²) in [6, 6.07) is 0.517. The monoisotopic (exact) mass is 275 g/mol. The predicted octanol–water partition coefficient (Wildman–Crippen LogP) is 1.92. The summed E-state index contributed by atoms with van der Waals surface area (Å²) >= 11 is 0. The number of rotatable bonds is 5. The van der Waals surface area contributed by atoms with Crippen molar-refractivity contribution in [1.29, 1.82) is 0 Å². The molecule has 0 amide bonds. The van der Waals surface area contributed by atoms with E-state index in [1.165, 1.54) is 12.8 Å². The minimum absolute atomic E-state index is 0.139. The molecule has 18 heavy (non-hydrogen) atoms. The zero-order valence-corrected chi connectivity index (χ0v) is 12.3. The molecule has 0 aromatic carbocycles. The summed E-state index contributed by atoms with van der Waals surface area (Å²) in [5, 5.41) is 3.47. The van der Waals surface area contributed by atoms with E-state index < -0.39 is 10.1 Å². The first-order chi connectivity index (χ1) is 8.22. The molecule has 3 fully saturated rings. The summed E-state index contributed by atoms with van der Waals surface area (Å²) in [7, 11) is -3.80. The molecule has 3 aliphatic rings. The normalized spacial score (nSPS) is 38.2. The largest absolute Gasteiger partial charge is 0.314 e. The van der Waals surface area contributed by atoms with E-state index in [1.807, 2.05) is 0 Å². The van der Waals surface area contributed by atoms with E-state index in [1.54, 1.807) is 0 Å². The summed E-state index contributed by atoms with van der Waals surface area (Å²) in [6.45, 7) is 7.73. The number of hydrogen-bond acceptors (Lipinski definition) is 3. The minimum atomic E-state index is -3.80. The summed E-state index contributed by atoms with van der Waals surface area (Å²) in [6.07, 6.45) is 3.05. The van der Waals surface area contributed by atoms with Crippen molar-refractivity contribution in [3.05, 3.63) is 0 Å². The van der Waals surface area contributed by atoms with Gasteiger partial charge in [-0.1, -0.05) is 20.8 Å². The molecule has 2 bridgehead atoms. The van der Waals surface area contributed by atoms with Crippen molar-refractivity contribution in [2.24, 2.45) is 23.2 Å². The van der Waals surface area contributed by atoms with Gasteiger partial charge in [-0.3, -0.25) is 4.55 Å². The van der Waals surface area contributed by atoms with Crippen molar-refractivity contribution >= 4 is 10.1 Å². The van der Waals surface area contributed by atoms with Crippen LogP contribution >= 0.6 is 0 Å². The van der Waals surface area contributed by atoms with E-state index >= 15 is 0 Å². The standard InChI is InChI=1S/C13H25NO3S/c1-9-11-7-10(13(11,2)3)8-12(9)14-5-4-6-18(15,16)17/h9-12,14H,4-8H2,1-3H3,(H,15,16,17)/t9-,10?,11+,12-/m1/s1. The third-order valence-electron chi connectivity index (χ3n) is 5.34. The minimum Gasteiger partial charge on any atom is -0.314 e. The molecule has 0 aromatic rings. The molecule has 2 N–H and O–H groups in total. The van der Waals surface area contributed by atoms with Gasteiger partial charge in [0, 0.05) is 6.04 Å². The highest BCUT2D eigenvalue weighted by molar-refractivity contribution is 7.85. The Morgan fingerprint density at radius 3 is 2.50 bits per heavy atom. The third-order valence-corrected chi connectivity index (χ3v) is 6.14. The topological polar surface area (TPSA) is 66.4 Å². The lowest BCUT2D eigenvalue weighted by molar-refractivity contribution is -0.114. The molecule has 3 rings (SSSR count). The second kappa shape index (κ2) is 4.76. The number of hydrogen-bond donors (Lipinski definition) is 2. The first-order valence-electron chi connectivity index (χ1n) is 6.90. The van der Waals surface area contributed by atoms with E-state index in [9.17, 15) is 8.42 Å². The van der Waals surface area contributed by atoms with Crippen LogP contribution in [-0.4, -0.2) is 31.3 Å². The van der Waals surface area contributed by atoms with Gasteiger partial charge in [-0.25, -0.2) is 0 Å². The molecule has 4 atom stereocenters. The molecule has 3 saturated carbocycles. The molecular weight excluding hydrogens is 250 g/mol. The van der Waals surface area contributed by atoms with Gasteiger partial charge in [-0.2, -0.15) is 8.42 Å². The van der Waals surface area contributed by atoms with Gasteiger partial charge in [0.15, 0.2) is 0 Å². The average Bonchev–Trinajstić information content (AvgIpc) is 2.24. The maximum Gasteiger partial charge on any atom is 0.264 e.